The van der Waals surface area contributed by atoms with Gasteiger partial charge >= 0.3 is 0 Å². The fourth-order valence-electron chi connectivity index (χ4n) is 2.00. The minimum absolute atomic E-state index is 0.0352. The van der Waals surface area contributed by atoms with Crippen LogP contribution in [0.15, 0.2) is 18.2 Å². The normalized spacial score (nSPS) is 20.3. The number of amides is 1. The second-order valence-electron chi connectivity index (χ2n) is 4.04. The molecule has 0 fully saturated rings. The molecule has 4 nitrogen and oxygen atoms in total. The molecule has 0 bridgehead atoms. The molecule has 0 saturated carbocycles. The first-order chi connectivity index (χ1) is 7.63. The smallest absolute Gasteiger partial charge is 0.243 e. The van der Waals surface area contributed by atoms with Crippen molar-refractivity contribution in [3.05, 3.63) is 23.8 Å². The monoisotopic (exact) mass is 220 g/mol. The van der Waals surface area contributed by atoms with E-state index in [0.29, 0.717) is 6.42 Å². The van der Waals surface area contributed by atoms with Crippen LogP contribution in [-0.4, -0.2) is 26.1 Å². The van der Waals surface area contributed by atoms with E-state index >= 15 is 0 Å². The van der Waals surface area contributed by atoms with Gasteiger partial charge in [0, 0.05) is 13.1 Å². The lowest BCUT2D eigenvalue weighted by Gasteiger charge is -2.19. The van der Waals surface area contributed by atoms with E-state index in [9.17, 15) is 4.79 Å². The summed E-state index contributed by atoms with van der Waals surface area (Å²) >= 11 is 0. The van der Waals surface area contributed by atoms with Crippen molar-refractivity contribution in [3.8, 4) is 5.75 Å². The Kier molecular flexibility index (Phi) is 2.83. The van der Waals surface area contributed by atoms with Crippen molar-refractivity contribution in [2.45, 2.75) is 18.9 Å². The molecule has 1 aromatic carbocycles. The number of carbonyl (C=O) groups is 1. The average Bonchev–Trinajstić information content (AvgIpc) is 2.42. The number of nitrogens with two attached hydrogens (primary N) is 1. The molecule has 16 heavy (non-hydrogen) atoms. The van der Waals surface area contributed by atoms with Crippen LogP contribution in [0.4, 0.5) is 5.69 Å². The van der Waals surface area contributed by atoms with Crippen LogP contribution in [0.1, 0.15) is 12.0 Å². The highest BCUT2D eigenvalue weighted by molar-refractivity contribution is 5.98. The predicted octanol–water partition coefficient (Wildman–Crippen LogP) is 0.931. The molecule has 86 valence electrons. The molecule has 0 radical (unpaired) electrons. The molecule has 0 spiro atoms. The number of benzene rings is 1. The van der Waals surface area contributed by atoms with Crippen molar-refractivity contribution in [3.63, 3.8) is 0 Å². The first kappa shape index (κ1) is 11.0. The number of aryl methyl sites for hydroxylation is 1. The zero-order chi connectivity index (χ0) is 11.7. The summed E-state index contributed by atoms with van der Waals surface area (Å²) in [6.07, 6.45) is 1.53. The molecule has 0 saturated heterocycles. The average molecular weight is 220 g/mol. The van der Waals surface area contributed by atoms with E-state index in [0.717, 1.165) is 23.4 Å². The number of likely N-dealkylation sites (N-methyl/N-ethyl adjacent to an activating group) is 1. The van der Waals surface area contributed by atoms with Gasteiger partial charge in [0.15, 0.2) is 0 Å². The van der Waals surface area contributed by atoms with Crippen molar-refractivity contribution in [1.82, 2.24) is 0 Å². The Bertz CT molecular complexity index is 417. The van der Waals surface area contributed by atoms with Crippen LogP contribution < -0.4 is 15.4 Å². The number of hydrogen-bond acceptors (Lipinski definition) is 3. The van der Waals surface area contributed by atoms with Gasteiger partial charge in [0.2, 0.25) is 5.91 Å². The highest BCUT2D eigenvalue weighted by Gasteiger charge is 2.25. The second kappa shape index (κ2) is 4.14. The first-order valence-corrected chi connectivity index (χ1v) is 5.33. The summed E-state index contributed by atoms with van der Waals surface area (Å²) in [5.74, 6) is 0.723. The number of methoxy groups -OCH3 is 1. The van der Waals surface area contributed by atoms with E-state index in [1.165, 1.54) is 0 Å². The molecule has 2 N–H and O–H groups in total. The Hall–Kier alpha value is -1.55. The van der Waals surface area contributed by atoms with Gasteiger partial charge in [-0.1, -0.05) is 6.07 Å². The third-order valence-corrected chi connectivity index (χ3v) is 3.03. The molecule has 0 aromatic heterocycles. The summed E-state index contributed by atoms with van der Waals surface area (Å²) in [7, 11) is 3.37. The van der Waals surface area contributed by atoms with Crippen molar-refractivity contribution in [2.75, 3.05) is 19.1 Å². The number of nitrogens with zero attached hydrogens (tertiary/aromatic N) is 1. The van der Waals surface area contributed by atoms with E-state index in [1.807, 2.05) is 18.2 Å². The largest absolute Gasteiger partial charge is 0.497 e. The Morgan fingerprint density at radius 2 is 2.25 bits per heavy atom. The summed E-state index contributed by atoms with van der Waals surface area (Å²) in [5, 5.41) is 0. The third-order valence-electron chi connectivity index (χ3n) is 3.03. The van der Waals surface area contributed by atoms with Gasteiger partial charge < -0.3 is 15.4 Å². The van der Waals surface area contributed by atoms with Crippen molar-refractivity contribution in [1.29, 1.82) is 0 Å². The fourth-order valence-corrected chi connectivity index (χ4v) is 2.00. The van der Waals surface area contributed by atoms with Crippen molar-refractivity contribution >= 4 is 11.6 Å². The standard InChI is InChI=1S/C12H16N2O2/c1-14-11-7-9(16-2)5-3-8(11)4-6-10(13)12(14)15/h3,5,7,10H,4,6,13H2,1-2H3/t10-/m0/s1. The highest BCUT2D eigenvalue weighted by Crippen LogP contribution is 2.29. The quantitative estimate of drug-likeness (QED) is 0.766. The van der Waals surface area contributed by atoms with Crippen LogP contribution in [-0.2, 0) is 11.2 Å². The lowest BCUT2D eigenvalue weighted by Crippen LogP contribution is -2.40. The van der Waals surface area contributed by atoms with Crippen molar-refractivity contribution in [2.24, 2.45) is 5.73 Å². The maximum atomic E-state index is 11.9. The van der Waals surface area contributed by atoms with Gasteiger partial charge in [0.1, 0.15) is 5.75 Å². The number of rotatable bonds is 1. The summed E-state index contributed by atoms with van der Waals surface area (Å²) < 4.78 is 5.16. The maximum absolute atomic E-state index is 11.9. The third kappa shape index (κ3) is 1.76. The molecular formula is C12H16N2O2. The molecule has 1 amide bonds. The van der Waals surface area contributed by atoms with E-state index in [4.69, 9.17) is 10.5 Å². The van der Waals surface area contributed by atoms with E-state index in [1.54, 1.807) is 19.1 Å². The molecule has 1 heterocycles. The molecule has 1 atom stereocenters. The highest BCUT2D eigenvalue weighted by atomic mass is 16.5. The van der Waals surface area contributed by atoms with Crippen LogP contribution in [0.25, 0.3) is 0 Å². The summed E-state index contributed by atoms with van der Waals surface area (Å²) in [5.41, 5.74) is 7.84. The maximum Gasteiger partial charge on any atom is 0.243 e. The van der Waals surface area contributed by atoms with Gasteiger partial charge in [-0.2, -0.15) is 0 Å². The summed E-state index contributed by atoms with van der Waals surface area (Å²) in [6, 6.07) is 5.39. The van der Waals surface area contributed by atoms with E-state index < -0.39 is 6.04 Å². The van der Waals surface area contributed by atoms with Crippen LogP contribution in [0.2, 0.25) is 0 Å². The van der Waals surface area contributed by atoms with Crippen LogP contribution in [0.5, 0.6) is 5.75 Å². The van der Waals surface area contributed by atoms with Crippen LogP contribution >= 0.6 is 0 Å². The molecular weight excluding hydrogens is 204 g/mol. The number of carbonyl (C=O) groups excluding carboxylic acids is 1. The fraction of sp³-hybridized carbons (Fsp3) is 0.417. The Balaban J connectivity index is 2.45. The number of fused-ring (bicyclic) bond motifs is 1. The van der Waals surface area contributed by atoms with Crippen LogP contribution in [0.3, 0.4) is 0 Å². The minimum atomic E-state index is -0.400. The predicted molar refractivity (Wildman–Crippen MR) is 62.7 cm³/mol. The first-order valence-electron chi connectivity index (χ1n) is 5.33. The van der Waals surface area contributed by atoms with Gasteiger partial charge in [-0.3, -0.25) is 4.79 Å². The lowest BCUT2D eigenvalue weighted by atomic mass is 10.1. The van der Waals surface area contributed by atoms with Crippen molar-refractivity contribution < 1.29 is 9.53 Å². The molecule has 1 aliphatic rings. The zero-order valence-corrected chi connectivity index (χ0v) is 9.56. The van der Waals surface area contributed by atoms with E-state index in [-0.39, 0.29) is 5.91 Å². The number of anilines is 1. The topological polar surface area (TPSA) is 55.6 Å². The summed E-state index contributed by atoms with van der Waals surface area (Å²) in [6.45, 7) is 0. The SMILES string of the molecule is COc1ccc2c(c1)N(C)C(=O)[C@@H](N)CC2. The summed E-state index contributed by atoms with van der Waals surface area (Å²) in [4.78, 5) is 13.5. The minimum Gasteiger partial charge on any atom is -0.497 e. The number of ether oxygens (including phenoxy) is 1. The van der Waals surface area contributed by atoms with Gasteiger partial charge in [0.25, 0.3) is 0 Å². The Morgan fingerprint density at radius 1 is 1.50 bits per heavy atom. The zero-order valence-electron chi connectivity index (χ0n) is 9.56. The Labute approximate surface area is 95.0 Å². The molecule has 2 rings (SSSR count). The van der Waals surface area contributed by atoms with Crippen LogP contribution in [0, 0.1) is 0 Å². The second-order valence-corrected chi connectivity index (χ2v) is 4.04. The molecule has 0 unspecified atom stereocenters. The van der Waals surface area contributed by atoms with Gasteiger partial charge in [-0.25, -0.2) is 0 Å². The number of hydrogen-bond donors (Lipinski definition) is 1. The molecule has 1 aliphatic heterocycles. The van der Waals surface area contributed by atoms with Gasteiger partial charge in [0.05, 0.1) is 18.8 Å². The molecule has 0 aliphatic carbocycles. The van der Waals surface area contributed by atoms with E-state index in [2.05, 4.69) is 0 Å². The van der Waals surface area contributed by atoms with Gasteiger partial charge in [-0.05, 0) is 24.5 Å². The Morgan fingerprint density at radius 3 is 2.94 bits per heavy atom. The van der Waals surface area contributed by atoms with Gasteiger partial charge in [-0.15, -0.1) is 0 Å². The lowest BCUT2D eigenvalue weighted by molar-refractivity contribution is -0.119. The molecule has 1 aromatic rings. The molecule has 4 heteroatoms.